The molecule has 0 aliphatic carbocycles. The van der Waals surface area contributed by atoms with Crippen molar-refractivity contribution in [2.24, 2.45) is 0 Å². The third kappa shape index (κ3) is 5.82. The third-order valence-electron chi connectivity index (χ3n) is 7.17. The van der Waals surface area contributed by atoms with Crippen LogP contribution in [0.1, 0.15) is 35.5 Å². The molecular weight excluding hydrogens is 603 g/mol. The number of benzene rings is 2. The van der Waals surface area contributed by atoms with E-state index in [2.05, 4.69) is 45.0 Å². The van der Waals surface area contributed by atoms with Gasteiger partial charge in [0.2, 0.25) is 0 Å². The summed E-state index contributed by atoms with van der Waals surface area (Å²) in [4.78, 5) is 29.9. The Bertz CT molecular complexity index is 1580. The fourth-order valence-electron chi connectivity index (χ4n) is 4.70. The highest BCUT2D eigenvalue weighted by atomic mass is 79.9. The quantitative estimate of drug-likeness (QED) is 0.292. The summed E-state index contributed by atoms with van der Waals surface area (Å²) in [5.41, 5.74) is 2.41. The molecule has 1 aliphatic rings. The Hall–Kier alpha value is -2.98. The van der Waals surface area contributed by atoms with Gasteiger partial charge in [0.1, 0.15) is 5.69 Å². The number of hydrogen-bond donors (Lipinski definition) is 0. The van der Waals surface area contributed by atoms with Crippen molar-refractivity contribution in [3.05, 3.63) is 109 Å². The molecule has 8 nitrogen and oxygen atoms in total. The summed E-state index contributed by atoms with van der Waals surface area (Å²) in [5, 5.41) is 9.99. The number of aromatic nitrogens is 4. The zero-order valence-corrected chi connectivity index (χ0v) is 24.6. The van der Waals surface area contributed by atoms with Crippen molar-refractivity contribution in [2.45, 2.75) is 25.9 Å². The van der Waals surface area contributed by atoms with Crippen LogP contribution in [0.4, 0.5) is 0 Å². The van der Waals surface area contributed by atoms with Gasteiger partial charge in [0.05, 0.1) is 34.6 Å². The first-order valence-electron chi connectivity index (χ1n) is 12.5. The minimum absolute atomic E-state index is 0.0976. The van der Waals surface area contributed by atoms with E-state index in [1.807, 2.05) is 47.5 Å². The second-order valence-corrected chi connectivity index (χ2v) is 11.6. The topological polar surface area (TPSA) is 76.3 Å². The van der Waals surface area contributed by atoms with Crippen LogP contribution in [0.15, 0.2) is 76.3 Å². The molecule has 39 heavy (non-hydrogen) atoms. The van der Waals surface area contributed by atoms with Crippen molar-refractivity contribution in [2.75, 3.05) is 26.2 Å². The van der Waals surface area contributed by atoms with Crippen LogP contribution in [0.25, 0.3) is 5.69 Å². The van der Waals surface area contributed by atoms with Gasteiger partial charge in [0.15, 0.2) is 0 Å². The Morgan fingerprint density at radius 3 is 2.44 bits per heavy atom. The van der Waals surface area contributed by atoms with Crippen molar-refractivity contribution in [1.29, 1.82) is 0 Å². The van der Waals surface area contributed by atoms with Crippen LogP contribution in [0.3, 0.4) is 0 Å². The summed E-state index contributed by atoms with van der Waals surface area (Å²) in [6, 6.07) is 16.0. The lowest BCUT2D eigenvalue weighted by molar-refractivity contribution is 0.0378. The lowest BCUT2D eigenvalue weighted by Gasteiger charge is -2.43. The van der Waals surface area contributed by atoms with Crippen LogP contribution >= 0.6 is 39.1 Å². The number of rotatable bonds is 6. The lowest BCUT2D eigenvalue weighted by atomic mass is 9.97. The molecule has 1 aliphatic heterocycles. The highest BCUT2D eigenvalue weighted by molar-refractivity contribution is 9.10. The molecule has 5 rings (SSSR count). The number of piperazine rings is 1. The highest BCUT2D eigenvalue weighted by Crippen LogP contribution is 2.29. The van der Waals surface area contributed by atoms with Crippen molar-refractivity contribution in [3.63, 3.8) is 0 Å². The molecule has 4 aromatic rings. The molecule has 0 radical (unpaired) electrons. The molecule has 1 amide bonds. The van der Waals surface area contributed by atoms with E-state index in [1.165, 1.54) is 10.6 Å². The van der Waals surface area contributed by atoms with Crippen molar-refractivity contribution in [1.82, 2.24) is 29.4 Å². The van der Waals surface area contributed by atoms with Crippen LogP contribution < -0.4 is 5.56 Å². The van der Waals surface area contributed by atoms with E-state index in [4.69, 9.17) is 23.2 Å². The number of hydrogen-bond acceptors (Lipinski definition) is 5. The van der Waals surface area contributed by atoms with E-state index in [1.54, 1.807) is 23.0 Å². The number of carbonyl (C=O) groups excluding carboxylic acids is 1. The normalized spacial score (nSPS) is 14.5. The summed E-state index contributed by atoms with van der Waals surface area (Å²) >= 11 is 15.9. The maximum Gasteiger partial charge on any atom is 0.255 e. The maximum atomic E-state index is 13.3. The van der Waals surface area contributed by atoms with Crippen LogP contribution in [0, 0.1) is 0 Å². The smallest absolute Gasteiger partial charge is 0.255 e. The Morgan fingerprint density at radius 1 is 0.974 bits per heavy atom. The average Bonchev–Trinajstić information content (AvgIpc) is 3.44. The monoisotopic (exact) mass is 628 g/mol. The van der Waals surface area contributed by atoms with Gasteiger partial charge in [-0.3, -0.25) is 14.5 Å². The number of nitrogens with zero attached hydrogens (tertiary/aromatic N) is 6. The van der Waals surface area contributed by atoms with Gasteiger partial charge in [-0.05, 0) is 65.7 Å². The van der Waals surface area contributed by atoms with Crippen LogP contribution in [-0.4, -0.2) is 61.4 Å². The molecule has 0 N–H and O–H groups in total. The number of pyridine rings is 1. The number of halogens is 3. The van der Waals surface area contributed by atoms with Gasteiger partial charge in [-0.25, -0.2) is 4.68 Å². The summed E-state index contributed by atoms with van der Waals surface area (Å²) in [6.07, 6.45) is 3.55. The zero-order chi connectivity index (χ0) is 27.7. The Morgan fingerprint density at radius 2 is 1.72 bits per heavy atom. The molecule has 3 heterocycles. The Kier molecular flexibility index (Phi) is 7.96. The van der Waals surface area contributed by atoms with Gasteiger partial charge in [0.25, 0.3) is 11.5 Å². The second kappa shape index (κ2) is 11.3. The highest BCUT2D eigenvalue weighted by Gasteiger charge is 2.35. The van der Waals surface area contributed by atoms with E-state index in [9.17, 15) is 9.59 Å². The molecule has 0 unspecified atom stereocenters. The molecule has 0 saturated carbocycles. The SMILES string of the molecule is CC(C)(c1cn(-c2ccc(Cl)c(Br)c2)nn1)N1CCN(C(=O)c2ccc(=O)n(Cc3ccccc3Cl)c2)CC1. The summed E-state index contributed by atoms with van der Waals surface area (Å²) in [5.74, 6) is -0.0976. The molecule has 202 valence electrons. The first-order chi connectivity index (χ1) is 18.6. The fourth-order valence-corrected chi connectivity index (χ4v) is 5.38. The van der Waals surface area contributed by atoms with Crippen LogP contribution in [-0.2, 0) is 12.1 Å². The van der Waals surface area contributed by atoms with Gasteiger partial charge in [0, 0.05) is 47.9 Å². The van der Waals surface area contributed by atoms with Gasteiger partial charge in [-0.15, -0.1) is 5.10 Å². The molecule has 0 atom stereocenters. The van der Waals surface area contributed by atoms with Crippen LogP contribution in [0.5, 0.6) is 0 Å². The van der Waals surface area contributed by atoms with Gasteiger partial charge >= 0.3 is 0 Å². The molecule has 1 saturated heterocycles. The second-order valence-electron chi connectivity index (χ2n) is 9.96. The van der Waals surface area contributed by atoms with Crippen LogP contribution in [0.2, 0.25) is 10.0 Å². The number of amides is 1. The maximum absolute atomic E-state index is 13.3. The first-order valence-corrected chi connectivity index (χ1v) is 14.0. The average molecular weight is 630 g/mol. The van der Waals surface area contributed by atoms with E-state index < -0.39 is 0 Å². The number of carbonyl (C=O) groups is 1. The molecule has 11 heteroatoms. The standard InChI is InChI=1S/C28H27BrCl2N6O2/c1-28(2,25-18-37(33-32-25)21-8-9-24(31)22(29)15-21)36-13-11-34(12-14-36)27(39)20-7-10-26(38)35(17-20)16-19-5-3-4-6-23(19)30/h3-10,15,17-18H,11-14,16H2,1-2H3. The van der Waals surface area contributed by atoms with E-state index in [0.717, 1.165) is 21.4 Å². The van der Waals surface area contributed by atoms with Crippen molar-refractivity contribution >= 4 is 45.0 Å². The Labute approximate surface area is 244 Å². The predicted molar refractivity (Wildman–Crippen MR) is 156 cm³/mol. The summed E-state index contributed by atoms with van der Waals surface area (Å²) in [6.45, 7) is 7.00. The van der Waals surface area contributed by atoms with Gasteiger partial charge in [-0.1, -0.05) is 46.6 Å². The van der Waals surface area contributed by atoms with Gasteiger partial charge < -0.3 is 9.47 Å². The first kappa shape index (κ1) is 27.6. The third-order valence-corrected chi connectivity index (χ3v) is 8.76. The van der Waals surface area contributed by atoms with Crippen molar-refractivity contribution in [3.8, 4) is 5.69 Å². The largest absolute Gasteiger partial charge is 0.336 e. The minimum Gasteiger partial charge on any atom is -0.336 e. The zero-order valence-electron chi connectivity index (χ0n) is 21.5. The molecule has 1 fully saturated rings. The van der Waals surface area contributed by atoms with Crippen molar-refractivity contribution < 1.29 is 4.79 Å². The molecule has 0 bridgehead atoms. The summed E-state index contributed by atoms with van der Waals surface area (Å²) in [7, 11) is 0. The molecule has 2 aromatic carbocycles. The van der Waals surface area contributed by atoms with E-state index in [-0.39, 0.29) is 17.0 Å². The molecule has 2 aromatic heterocycles. The van der Waals surface area contributed by atoms with E-state index in [0.29, 0.717) is 48.3 Å². The lowest BCUT2D eigenvalue weighted by Crippen LogP contribution is -2.54. The molecular formula is C28H27BrCl2N6O2. The molecule has 0 spiro atoms. The fraction of sp³-hybridized carbons (Fsp3) is 0.286. The van der Waals surface area contributed by atoms with E-state index >= 15 is 0 Å². The predicted octanol–water partition coefficient (Wildman–Crippen LogP) is 5.24. The summed E-state index contributed by atoms with van der Waals surface area (Å²) < 4.78 is 4.05. The van der Waals surface area contributed by atoms with Gasteiger partial charge in [-0.2, -0.15) is 0 Å². The Balaban J connectivity index is 1.26. The minimum atomic E-state index is -0.390.